The fourth-order valence-corrected chi connectivity index (χ4v) is 5.72. The van der Waals surface area contributed by atoms with E-state index in [9.17, 15) is 8.42 Å². The maximum Gasteiger partial charge on any atom is 0.243 e. The molecule has 2 fully saturated rings. The summed E-state index contributed by atoms with van der Waals surface area (Å²) in [5, 5.41) is 4.49. The molecular formula is C17H21ClN4O3S. The van der Waals surface area contributed by atoms with Crippen molar-refractivity contribution in [1.29, 1.82) is 0 Å². The van der Waals surface area contributed by atoms with Crippen molar-refractivity contribution in [1.82, 2.24) is 20.3 Å². The van der Waals surface area contributed by atoms with Crippen LogP contribution in [0.5, 0.6) is 0 Å². The maximum absolute atomic E-state index is 13.2. The molecule has 3 unspecified atom stereocenters. The quantitative estimate of drug-likeness (QED) is 0.822. The van der Waals surface area contributed by atoms with Crippen LogP contribution in [0.15, 0.2) is 39.8 Å². The van der Waals surface area contributed by atoms with Gasteiger partial charge in [0.05, 0.1) is 16.5 Å². The first-order chi connectivity index (χ1) is 12.5. The molecule has 0 aliphatic carbocycles. The van der Waals surface area contributed by atoms with Crippen LogP contribution >= 0.6 is 11.6 Å². The summed E-state index contributed by atoms with van der Waals surface area (Å²) in [6.45, 7) is 3.06. The first kappa shape index (κ1) is 17.9. The smallest absolute Gasteiger partial charge is 0.243 e. The largest absolute Gasteiger partial charge is 0.361 e. The third-order valence-corrected chi connectivity index (χ3v) is 7.31. The van der Waals surface area contributed by atoms with E-state index < -0.39 is 10.0 Å². The molecule has 0 bridgehead atoms. The van der Waals surface area contributed by atoms with Gasteiger partial charge < -0.3 is 4.52 Å². The Morgan fingerprint density at radius 2 is 2.08 bits per heavy atom. The molecule has 9 heteroatoms. The van der Waals surface area contributed by atoms with Gasteiger partial charge in [0, 0.05) is 36.3 Å². The van der Waals surface area contributed by atoms with Crippen LogP contribution in [0.25, 0.3) is 0 Å². The van der Waals surface area contributed by atoms with E-state index in [1.165, 1.54) is 0 Å². The zero-order chi connectivity index (χ0) is 18.3. The lowest BCUT2D eigenvalue weighted by atomic mass is 9.92. The lowest BCUT2D eigenvalue weighted by Gasteiger charge is -2.30. The highest BCUT2D eigenvalue weighted by atomic mass is 35.5. The van der Waals surface area contributed by atoms with Gasteiger partial charge in [0.1, 0.15) is 5.76 Å². The van der Waals surface area contributed by atoms with Crippen LogP contribution in [-0.4, -0.2) is 43.1 Å². The fourth-order valence-electron chi connectivity index (χ4n) is 3.88. The van der Waals surface area contributed by atoms with Crippen molar-refractivity contribution in [2.24, 2.45) is 0 Å². The van der Waals surface area contributed by atoms with Gasteiger partial charge in [-0.3, -0.25) is 10.9 Å². The fraction of sp³-hybridized carbons (Fsp3) is 0.471. The predicted octanol–water partition coefficient (Wildman–Crippen LogP) is 2.05. The van der Waals surface area contributed by atoms with Gasteiger partial charge in [0.15, 0.2) is 0 Å². The van der Waals surface area contributed by atoms with Gasteiger partial charge >= 0.3 is 0 Å². The molecule has 2 aliphatic rings. The van der Waals surface area contributed by atoms with Gasteiger partial charge in [-0.15, -0.1) is 0 Å². The number of hydrogen-bond acceptors (Lipinski definition) is 6. The summed E-state index contributed by atoms with van der Waals surface area (Å²) in [4.78, 5) is 0.270. The van der Waals surface area contributed by atoms with E-state index in [1.54, 1.807) is 28.6 Å². The van der Waals surface area contributed by atoms with Crippen molar-refractivity contribution in [2.45, 2.75) is 42.7 Å². The molecule has 0 amide bonds. The summed E-state index contributed by atoms with van der Waals surface area (Å²) < 4.78 is 33.4. The number of rotatable bonds is 4. The first-order valence-electron chi connectivity index (χ1n) is 8.66. The van der Waals surface area contributed by atoms with Crippen molar-refractivity contribution in [2.75, 3.05) is 13.1 Å². The van der Waals surface area contributed by atoms with E-state index in [0.717, 1.165) is 24.3 Å². The Kier molecular flexibility index (Phi) is 4.79. The second kappa shape index (κ2) is 6.94. The average Bonchev–Trinajstić information content (AvgIpc) is 3.34. The molecule has 26 heavy (non-hydrogen) atoms. The van der Waals surface area contributed by atoms with Gasteiger partial charge in [-0.2, -0.15) is 4.31 Å². The number of sulfonamides is 1. The summed E-state index contributed by atoms with van der Waals surface area (Å²) >= 11 is 5.90. The molecular weight excluding hydrogens is 376 g/mol. The standard InChI is InChI=1S/C17H21ClN4O3S/c1-11-9-16(25-21-11)14-10-19-20-17(14)15-3-2-8-22(15)26(23,24)13-6-4-12(18)5-7-13/h4-7,9,14-15,17,19-20H,2-3,8,10H2,1H3. The molecule has 1 aromatic heterocycles. The van der Waals surface area contributed by atoms with Crippen molar-refractivity contribution in [3.8, 4) is 0 Å². The van der Waals surface area contributed by atoms with Gasteiger partial charge in [0.25, 0.3) is 0 Å². The molecule has 1 aromatic carbocycles. The molecule has 4 rings (SSSR count). The molecule has 0 spiro atoms. The van der Waals surface area contributed by atoms with Gasteiger partial charge in [-0.1, -0.05) is 16.8 Å². The third kappa shape index (κ3) is 3.16. The van der Waals surface area contributed by atoms with E-state index in [0.29, 0.717) is 18.1 Å². The highest BCUT2D eigenvalue weighted by Crippen LogP contribution is 2.34. The van der Waals surface area contributed by atoms with E-state index in [2.05, 4.69) is 16.0 Å². The second-order valence-corrected chi connectivity index (χ2v) is 9.13. The highest BCUT2D eigenvalue weighted by Gasteiger charge is 2.45. The zero-order valence-corrected chi connectivity index (χ0v) is 15.9. The molecule has 2 saturated heterocycles. The van der Waals surface area contributed by atoms with Gasteiger partial charge in [0.2, 0.25) is 10.0 Å². The van der Waals surface area contributed by atoms with Crippen molar-refractivity contribution in [3.05, 3.63) is 46.8 Å². The Morgan fingerprint density at radius 1 is 1.31 bits per heavy atom. The van der Waals surface area contributed by atoms with E-state index >= 15 is 0 Å². The minimum absolute atomic E-state index is 0.0298. The monoisotopic (exact) mass is 396 g/mol. The van der Waals surface area contributed by atoms with E-state index in [1.807, 2.05) is 13.0 Å². The number of benzene rings is 1. The van der Waals surface area contributed by atoms with Crippen LogP contribution in [0.2, 0.25) is 5.02 Å². The normalized spacial score (nSPS) is 27.2. The van der Waals surface area contributed by atoms with Crippen LogP contribution in [0.3, 0.4) is 0 Å². The zero-order valence-electron chi connectivity index (χ0n) is 14.4. The molecule has 2 aliphatic heterocycles. The number of aromatic nitrogens is 1. The number of nitrogens with one attached hydrogen (secondary N) is 2. The second-order valence-electron chi connectivity index (χ2n) is 6.81. The average molecular weight is 397 g/mol. The third-order valence-electron chi connectivity index (χ3n) is 5.12. The Hall–Kier alpha value is -1.45. The molecule has 0 saturated carbocycles. The van der Waals surface area contributed by atoms with E-state index in [4.69, 9.17) is 16.1 Å². The molecule has 140 valence electrons. The molecule has 3 atom stereocenters. The number of hydrazine groups is 1. The Balaban J connectivity index is 1.62. The van der Waals surface area contributed by atoms with Crippen LogP contribution < -0.4 is 10.9 Å². The topological polar surface area (TPSA) is 87.5 Å². The summed E-state index contributed by atoms with van der Waals surface area (Å²) in [6.07, 6.45) is 1.63. The van der Waals surface area contributed by atoms with Crippen LogP contribution in [-0.2, 0) is 10.0 Å². The minimum Gasteiger partial charge on any atom is -0.361 e. The molecule has 3 heterocycles. The predicted molar refractivity (Wildman–Crippen MR) is 97.3 cm³/mol. The summed E-state index contributed by atoms with van der Waals surface area (Å²) in [5.74, 6) is 0.808. The first-order valence-corrected chi connectivity index (χ1v) is 10.5. The maximum atomic E-state index is 13.2. The highest BCUT2D eigenvalue weighted by molar-refractivity contribution is 7.89. The Morgan fingerprint density at radius 3 is 2.77 bits per heavy atom. The number of aryl methyl sites for hydroxylation is 1. The number of halogens is 1. The molecule has 2 N–H and O–H groups in total. The van der Waals surface area contributed by atoms with E-state index in [-0.39, 0.29) is 22.9 Å². The lowest BCUT2D eigenvalue weighted by molar-refractivity contribution is 0.278. The van der Waals surface area contributed by atoms with Gasteiger partial charge in [-0.05, 0) is 44.0 Å². The minimum atomic E-state index is -3.58. The lowest BCUT2D eigenvalue weighted by Crippen LogP contribution is -2.49. The summed E-state index contributed by atoms with van der Waals surface area (Å²) in [5.41, 5.74) is 7.23. The van der Waals surface area contributed by atoms with Crippen molar-refractivity contribution < 1.29 is 12.9 Å². The Labute approximate surface area is 157 Å². The van der Waals surface area contributed by atoms with Gasteiger partial charge in [-0.25, -0.2) is 8.42 Å². The SMILES string of the molecule is Cc1cc(C2CNNC2C2CCCN2S(=O)(=O)c2ccc(Cl)cc2)on1. The van der Waals surface area contributed by atoms with Crippen LogP contribution in [0.4, 0.5) is 0 Å². The van der Waals surface area contributed by atoms with Crippen molar-refractivity contribution in [3.63, 3.8) is 0 Å². The summed E-state index contributed by atoms with van der Waals surface area (Å²) in [7, 11) is -3.58. The summed E-state index contributed by atoms with van der Waals surface area (Å²) in [6, 6.07) is 8.02. The number of nitrogens with zero attached hydrogens (tertiary/aromatic N) is 2. The van der Waals surface area contributed by atoms with Crippen LogP contribution in [0, 0.1) is 6.92 Å². The molecule has 2 aromatic rings. The Bertz CT molecular complexity index is 884. The van der Waals surface area contributed by atoms with Crippen LogP contribution in [0.1, 0.15) is 30.2 Å². The number of hydrogen-bond donors (Lipinski definition) is 2. The van der Waals surface area contributed by atoms with Crippen molar-refractivity contribution >= 4 is 21.6 Å². The molecule has 0 radical (unpaired) electrons. The molecule has 7 nitrogen and oxygen atoms in total.